The maximum Gasteiger partial charge on any atom is 0.270 e. The summed E-state index contributed by atoms with van der Waals surface area (Å²) in [6.45, 7) is 3.95. The molecule has 0 saturated carbocycles. The molecular formula is C11H12N4O2. The standard InChI is InChI=1S/C11H12N4O2/c1-7(2)14-11-9-5-8(15(16)17)3-4-10(9)12-6-13-11/h3-7H,1-2H3,(H,12,13,14). The smallest absolute Gasteiger partial charge is 0.270 e. The number of anilines is 1. The normalized spacial score (nSPS) is 10.8. The van der Waals surface area contributed by atoms with Crippen LogP contribution in [0.25, 0.3) is 10.9 Å². The van der Waals surface area contributed by atoms with Crippen LogP contribution < -0.4 is 5.32 Å². The molecule has 1 heterocycles. The van der Waals surface area contributed by atoms with Crippen molar-refractivity contribution in [2.45, 2.75) is 19.9 Å². The summed E-state index contributed by atoms with van der Waals surface area (Å²) in [7, 11) is 0. The Morgan fingerprint density at radius 1 is 1.35 bits per heavy atom. The fraction of sp³-hybridized carbons (Fsp3) is 0.273. The second-order valence-corrected chi connectivity index (χ2v) is 3.98. The third kappa shape index (κ3) is 2.30. The lowest BCUT2D eigenvalue weighted by Gasteiger charge is -2.10. The molecule has 17 heavy (non-hydrogen) atoms. The van der Waals surface area contributed by atoms with Crippen LogP contribution in [-0.2, 0) is 0 Å². The number of nitrogens with zero attached hydrogens (tertiary/aromatic N) is 3. The third-order valence-corrected chi connectivity index (χ3v) is 2.26. The van der Waals surface area contributed by atoms with Crippen molar-refractivity contribution in [1.82, 2.24) is 9.97 Å². The summed E-state index contributed by atoms with van der Waals surface area (Å²) in [4.78, 5) is 18.5. The van der Waals surface area contributed by atoms with Gasteiger partial charge in [-0.1, -0.05) is 0 Å². The highest BCUT2D eigenvalue weighted by Crippen LogP contribution is 2.24. The summed E-state index contributed by atoms with van der Waals surface area (Å²) in [5.74, 6) is 0.619. The van der Waals surface area contributed by atoms with E-state index in [1.165, 1.54) is 18.5 Å². The maximum atomic E-state index is 10.7. The van der Waals surface area contributed by atoms with Gasteiger partial charge in [-0.15, -0.1) is 0 Å². The first kappa shape index (κ1) is 11.3. The minimum atomic E-state index is -0.425. The number of nitrogens with one attached hydrogen (secondary N) is 1. The lowest BCUT2D eigenvalue weighted by molar-refractivity contribution is -0.384. The van der Waals surface area contributed by atoms with Crippen LogP contribution in [0.5, 0.6) is 0 Å². The SMILES string of the molecule is CC(C)Nc1ncnc2ccc([N+](=O)[O-])cc12. The summed E-state index contributed by atoms with van der Waals surface area (Å²) in [5, 5.41) is 14.5. The van der Waals surface area contributed by atoms with Gasteiger partial charge in [-0.05, 0) is 19.9 Å². The number of rotatable bonds is 3. The lowest BCUT2D eigenvalue weighted by atomic mass is 10.2. The van der Waals surface area contributed by atoms with Crippen molar-refractivity contribution in [2.24, 2.45) is 0 Å². The van der Waals surface area contributed by atoms with E-state index in [4.69, 9.17) is 0 Å². The predicted octanol–water partition coefficient (Wildman–Crippen LogP) is 2.36. The number of non-ortho nitro benzene ring substituents is 1. The van der Waals surface area contributed by atoms with Crippen LogP contribution in [0.3, 0.4) is 0 Å². The minimum absolute atomic E-state index is 0.0408. The van der Waals surface area contributed by atoms with Crippen LogP contribution in [0.2, 0.25) is 0 Å². The van der Waals surface area contributed by atoms with Crippen molar-refractivity contribution in [1.29, 1.82) is 0 Å². The van der Waals surface area contributed by atoms with E-state index < -0.39 is 4.92 Å². The van der Waals surface area contributed by atoms with Crippen LogP contribution in [0.1, 0.15) is 13.8 Å². The van der Waals surface area contributed by atoms with E-state index >= 15 is 0 Å². The highest BCUT2D eigenvalue weighted by atomic mass is 16.6. The van der Waals surface area contributed by atoms with Gasteiger partial charge in [-0.25, -0.2) is 9.97 Å². The van der Waals surface area contributed by atoms with Crippen molar-refractivity contribution in [3.05, 3.63) is 34.6 Å². The maximum absolute atomic E-state index is 10.7. The molecule has 6 heteroatoms. The quantitative estimate of drug-likeness (QED) is 0.649. The van der Waals surface area contributed by atoms with Crippen molar-refractivity contribution in [2.75, 3.05) is 5.32 Å². The van der Waals surface area contributed by atoms with Gasteiger partial charge < -0.3 is 5.32 Å². The molecule has 0 unspecified atom stereocenters. The zero-order valence-corrected chi connectivity index (χ0v) is 9.54. The molecule has 0 spiro atoms. The van der Waals surface area contributed by atoms with Gasteiger partial charge in [0.15, 0.2) is 0 Å². The molecule has 0 saturated heterocycles. The Morgan fingerprint density at radius 2 is 2.12 bits per heavy atom. The fourth-order valence-electron chi connectivity index (χ4n) is 1.55. The second kappa shape index (κ2) is 4.32. The molecule has 1 aromatic carbocycles. The average Bonchev–Trinajstić information content (AvgIpc) is 2.28. The van der Waals surface area contributed by atoms with Crippen LogP contribution in [-0.4, -0.2) is 20.9 Å². The van der Waals surface area contributed by atoms with Crippen LogP contribution in [0.15, 0.2) is 24.5 Å². The van der Waals surface area contributed by atoms with Crippen molar-refractivity contribution >= 4 is 22.4 Å². The van der Waals surface area contributed by atoms with E-state index in [1.807, 2.05) is 13.8 Å². The monoisotopic (exact) mass is 232 g/mol. The number of benzene rings is 1. The Labute approximate surface area is 97.9 Å². The number of nitro groups is 1. The van der Waals surface area contributed by atoms with Gasteiger partial charge in [-0.3, -0.25) is 10.1 Å². The zero-order valence-electron chi connectivity index (χ0n) is 9.54. The number of fused-ring (bicyclic) bond motifs is 1. The molecule has 0 fully saturated rings. The molecule has 0 aliphatic heterocycles. The summed E-state index contributed by atoms with van der Waals surface area (Å²) in [6, 6.07) is 4.75. The molecule has 0 bridgehead atoms. The zero-order chi connectivity index (χ0) is 12.4. The van der Waals surface area contributed by atoms with Gasteiger partial charge >= 0.3 is 0 Å². The number of hydrogen-bond acceptors (Lipinski definition) is 5. The van der Waals surface area contributed by atoms with E-state index in [-0.39, 0.29) is 11.7 Å². The summed E-state index contributed by atoms with van der Waals surface area (Å²) in [5.41, 5.74) is 0.729. The molecule has 1 aromatic heterocycles. The fourth-order valence-corrected chi connectivity index (χ4v) is 1.55. The molecule has 0 radical (unpaired) electrons. The summed E-state index contributed by atoms with van der Waals surface area (Å²) >= 11 is 0. The Bertz CT molecular complexity index is 568. The second-order valence-electron chi connectivity index (χ2n) is 3.98. The molecule has 0 aliphatic carbocycles. The van der Waals surface area contributed by atoms with E-state index in [9.17, 15) is 10.1 Å². The number of hydrogen-bond donors (Lipinski definition) is 1. The average molecular weight is 232 g/mol. The lowest BCUT2D eigenvalue weighted by Crippen LogP contribution is -2.11. The molecule has 6 nitrogen and oxygen atoms in total. The predicted molar refractivity (Wildman–Crippen MR) is 65.0 cm³/mol. The van der Waals surface area contributed by atoms with Gasteiger partial charge in [0.05, 0.1) is 10.4 Å². The van der Waals surface area contributed by atoms with Crippen LogP contribution >= 0.6 is 0 Å². The highest BCUT2D eigenvalue weighted by Gasteiger charge is 2.10. The molecule has 1 N–H and O–H groups in total. The van der Waals surface area contributed by atoms with Crippen LogP contribution in [0.4, 0.5) is 11.5 Å². The first-order valence-corrected chi connectivity index (χ1v) is 5.23. The van der Waals surface area contributed by atoms with Gasteiger partial charge in [-0.2, -0.15) is 0 Å². The van der Waals surface area contributed by atoms with Gasteiger partial charge in [0.25, 0.3) is 5.69 Å². The summed E-state index contributed by atoms with van der Waals surface area (Å²) < 4.78 is 0. The molecule has 88 valence electrons. The molecule has 0 atom stereocenters. The van der Waals surface area contributed by atoms with Crippen molar-refractivity contribution < 1.29 is 4.92 Å². The van der Waals surface area contributed by atoms with Gasteiger partial charge in [0, 0.05) is 23.6 Å². The van der Waals surface area contributed by atoms with Crippen LogP contribution in [0, 0.1) is 10.1 Å². The first-order valence-electron chi connectivity index (χ1n) is 5.23. The molecule has 0 amide bonds. The molecular weight excluding hydrogens is 220 g/mol. The van der Waals surface area contributed by atoms with Crippen molar-refractivity contribution in [3.63, 3.8) is 0 Å². The topological polar surface area (TPSA) is 81.0 Å². The van der Waals surface area contributed by atoms with E-state index in [0.29, 0.717) is 16.7 Å². The largest absolute Gasteiger partial charge is 0.367 e. The molecule has 2 aromatic rings. The van der Waals surface area contributed by atoms with E-state index in [2.05, 4.69) is 15.3 Å². The Kier molecular flexibility index (Phi) is 2.86. The minimum Gasteiger partial charge on any atom is -0.367 e. The number of nitro benzene ring substituents is 1. The summed E-state index contributed by atoms with van der Waals surface area (Å²) in [6.07, 6.45) is 1.44. The highest BCUT2D eigenvalue weighted by molar-refractivity contribution is 5.90. The molecule has 2 rings (SSSR count). The van der Waals surface area contributed by atoms with E-state index in [1.54, 1.807) is 6.07 Å². The Morgan fingerprint density at radius 3 is 2.76 bits per heavy atom. The van der Waals surface area contributed by atoms with Gasteiger partial charge in [0.2, 0.25) is 0 Å². The molecule has 0 aliphatic rings. The Hall–Kier alpha value is -2.24. The third-order valence-electron chi connectivity index (χ3n) is 2.26. The van der Waals surface area contributed by atoms with E-state index in [0.717, 1.165) is 0 Å². The van der Waals surface area contributed by atoms with Gasteiger partial charge in [0.1, 0.15) is 12.1 Å². The number of aromatic nitrogens is 2. The van der Waals surface area contributed by atoms with Crippen molar-refractivity contribution in [3.8, 4) is 0 Å². The Balaban J connectivity index is 2.59. The first-order chi connectivity index (χ1) is 8.08.